The van der Waals surface area contributed by atoms with E-state index in [9.17, 15) is 0 Å². The molecule has 13 rings (SSSR count). The minimum absolute atomic E-state index is 0.170. The van der Waals surface area contributed by atoms with Crippen molar-refractivity contribution >= 4 is 27.8 Å². The highest BCUT2D eigenvalue weighted by atomic mass is 15.1. The third-order valence-corrected chi connectivity index (χ3v) is 17.2. The first-order valence-electron chi connectivity index (χ1n) is 25.5. The van der Waals surface area contributed by atoms with E-state index in [1.54, 1.807) is 0 Å². The first-order valence-corrected chi connectivity index (χ1v) is 25.5. The molecular weight excluding hydrogens is 819 g/mol. The average molecular weight is 878 g/mol. The number of anilines is 3. The van der Waals surface area contributed by atoms with Crippen LogP contribution in [0, 0.1) is 0 Å². The summed E-state index contributed by atoms with van der Waals surface area (Å²) in [6.45, 7) is 5.10. The molecule has 0 radical (unpaired) electrons. The second-order valence-electron chi connectivity index (χ2n) is 21.1. The predicted molar refractivity (Wildman–Crippen MR) is 287 cm³/mol. The standard InChI is InChI=1S/C67H59N/c1-65(40-14-4-15-41-65)49-34-38-55-56-39-35-50(66(2)42-16-5-17-43-66)45-61(56)67(60(55)44-49)58-28-12-10-26-57(58)64-59(67)29-19-31-63(64)68(62-30-13-11-25-54(62)47-20-6-3-7-21-47)51-36-32-48(33-37-51)53-27-18-23-46-22-8-9-24-52(46)53/h3,6-13,18-39,44-45H,4-5,14-17,40-43H2,1-2H3. The molecule has 0 amide bonds. The molecule has 2 fully saturated rings. The monoisotopic (exact) mass is 877 g/mol. The molecule has 332 valence electrons. The van der Waals surface area contributed by atoms with Crippen LogP contribution in [0.4, 0.5) is 17.1 Å². The van der Waals surface area contributed by atoms with Gasteiger partial charge in [-0.15, -0.1) is 0 Å². The van der Waals surface area contributed by atoms with Crippen molar-refractivity contribution in [2.75, 3.05) is 4.90 Å². The molecule has 0 atom stereocenters. The van der Waals surface area contributed by atoms with E-state index in [1.807, 2.05) is 0 Å². The summed E-state index contributed by atoms with van der Waals surface area (Å²) >= 11 is 0. The second kappa shape index (κ2) is 16.1. The normalized spacial score (nSPS) is 17.0. The largest absolute Gasteiger partial charge is 0.309 e. The highest BCUT2D eigenvalue weighted by Gasteiger charge is 2.53. The summed E-state index contributed by atoms with van der Waals surface area (Å²) < 4.78 is 0. The van der Waals surface area contributed by atoms with Crippen molar-refractivity contribution in [3.63, 3.8) is 0 Å². The van der Waals surface area contributed by atoms with Crippen LogP contribution in [-0.2, 0) is 16.2 Å². The van der Waals surface area contributed by atoms with E-state index in [4.69, 9.17) is 0 Å². The zero-order valence-electron chi connectivity index (χ0n) is 39.6. The van der Waals surface area contributed by atoms with Crippen molar-refractivity contribution < 1.29 is 0 Å². The van der Waals surface area contributed by atoms with Crippen molar-refractivity contribution in [3.8, 4) is 44.5 Å². The van der Waals surface area contributed by atoms with Crippen LogP contribution >= 0.6 is 0 Å². The van der Waals surface area contributed by atoms with Crippen LogP contribution in [0.2, 0.25) is 0 Å². The predicted octanol–water partition coefficient (Wildman–Crippen LogP) is 18.4. The maximum atomic E-state index is 2.69. The van der Waals surface area contributed by atoms with Crippen molar-refractivity contribution in [1.82, 2.24) is 0 Å². The Labute approximate surface area is 403 Å². The van der Waals surface area contributed by atoms with Gasteiger partial charge in [0.2, 0.25) is 0 Å². The summed E-state index contributed by atoms with van der Waals surface area (Å²) in [5.41, 5.74) is 22.4. The second-order valence-corrected chi connectivity index (χ2v) is 21.1. The Morgan fingerprint density at radius 1 is 0.353 bits per heavy atom. The lowest BCUT2D eigenvalue weighted by Crippen LogP contribution is -2.30. The Morgan fingerprint density at radius 3 is 1.56 bits per heavy atom. The lowest BCUT2D eigenvalue weighted by molar-refractivity contribution is 0.319. The van der Waals surface area contributed by atoms with Gasteiger partial charge in [0.15, 0.2) is 0 Å². The van der Waals surface area contributed by atoms with Gasteiger partial charge >= 0.3 is 0 Å². The van der Waals surface area contributed by atoms with Gasteiger partial charge in [0.1, 0.15) is 0 Å². The Morgan fingerprint density at radius 2 is 0.868 bits per heavy atom. The molecule has 4 aliphatic rings. The summed E-state index contributed by atoms with van der Waals surface area (Å²) in [6, 6.07) is 76.9. The van der Waals surface area contributed by atoms with Crippen LogP contribution in [-0.4, -0.2) is 0 Å². The maximum Gasteiger partial charge on any atom is 0.0726 e. The minimum atomic E-state index is -0.475. The van der Waals surface area contributed by atoms with E-state index < -0.39 is 5.41 Å². The third kappa shape index (κ3) is 6.27. The van der Waals surface area contributed by atoms with E-state index in [-0.39, 0.29) is 10.8 Å². The van der Waals surface area contributed by atoms with Crippen LogP contribution in [0.1, 0.15) is 111 Å². The molecule has 9 aromatic carbocycles. The molecule has 9 aromatic rings. The quantitative estimate of drug-likeness (QED) is 0.154. The molecule has 68 heavy (non-hydrogen) atoms. The Hall–Kier alpha value is -6.96. The van der Waals surface area contributed by atoms with Gasteiger partial charge in [-0.1, -0.05) is 228 Å². The average Bonchev–Trinajstić information content (AvgIpc) is 3.87. The van der Waals surface area contributed by atoms with Crippen molar-refractivity contribution in [2.45, 2.75) is 94.3 Å². The molecule has 0 unspecified atom stereocenters. The van der Waals surface area contributed by atoms with Crippen LogP contribution in [0.3, 0.4) is 0 Å². The first kappa shape index (κ1) is 41.2. The van der Waals surface area contributed by atoms with Crippen molar-refractivity contribution in [2.24, 2.45) is 0 Å². The first-order chi connectivity index (χ1) is 33.4. The zero-order chi connectivity index (χ0) is 45.5. The van der Waals surface area contributed by atoms with Gasteiger partial charge in [-0.05, 0) is 138 Å². The molecule has 0 aliphatic heterocycles. The molecule has 0 bridgehead atoms. The molecule has 0 N–H and O–H groups in total. The van der Waals surface area contributed by atoms with E-state index in [2.05, 4.69) is 219 Å². The molecule has 0 heterocycles. The molecule has 0 aromatic heterocycles. The molecule has 4 aliphatic carbocycles. The SMILES string of the molecule is CC1(c2ccc3c(c2)C2(c4cc(C5(C)CCCCC5)ccc4-3)c3ccccc3-c3c(N(c4ccc(-c5cccc6ccccc56)cc4)c4ccccc4-c4ccccc4)cccc32)CCCCC1. The third-order valence-electron chi connectivity index (χ3n) is 17.2. The highest BCUT2D eigenvalue weighted by Crippen LogP contribution is 2.66. The topological polar surface area (TPSA) is 3.24 Å². The van der Waals surface area contributed by atoms with Crippen molar-refractivity contribution in [3.05, 3.63) is 234 Å². The van der Waals surface area contributed by atoms with Gasteiger partial charge in [0, 0.05) is 16.8 Å². The summed E-state index contributed by atoms with van der Waals surface area (Å²) in [4.78, 5) is 2.57. The molecule has 1 spiro atoms. The molecule has 1 heteroatoms. The van der Waals surface area contributed by atoms with Gasteiger partial charge in [0.05, 0.1) is 16.8 Å². The van der Waals surface area contributed by atoms with Gasteiger partial charge in [-0.25, -0.2) is 0 Å². The maximum absolute atomic E-state index is 2.69. The highest BCUT2D eigenvalue weighted by molar-refractivity contribution is 6.03. The zero-order valence-corrected chi connectivity index (χ0v) is 39.6. The van der Waals surface area contributed by atoms with Gasteiger partial charge in [-0.2, -0.15) is 0 Å². The summed E-state index contributed by atoms with van der Waals surface area (Å²) in [7, 11) is 0. The fourth-order valence-corrected chi connectivity index (χ4v) is 13.6. The number of hydrogen-bond donors (Lipinski definition) is 0. The van der Waals surface area contributed by atoms with Gasteiger partial charge in [-0.3, -0.25) is 0 Å². The van der Waals surface area contributed by atoms with Crippen LogP contribution in [0.25, 0.3) is 55.3 Å². The van der Waals surface area contributed by atoms with E-state index >= 15 is 0 Å². The fraction of sp³-hybridized carbons (Fsp3) is 0.224. The number of hydrogen-bond acceptors (Lipinski definition) is 1. The number of benzene rings is 9. The van der Waals surface area contributed by atoms with Crippen LogP contribution in [0.15, 0.2) is 200 Å². The molecular formula is C67H59N. The van der Waals surface area contributed by atoms with Gasteiger partial charge < -0.3 is 4.90 Å². The molecule has 1 nitrogen and oxygen atoms in total. The lowest BCUT2D eigenvalue weighted by Gasteiger charge is -2.37. The smallest absolute Gasteiger partial charge is 0.0726 e. The number of para-hydroxylation sites is 1. The Bertz CT molecular complexity index is 3300. The summed E-state index contributed by atoms with van der Waals surface area (Å²) in [6.07, 6.45) is 12.9. The number of rotatable bonds is 7. The number of fused-ring (bicyclic) bond motifs is 11. The van der Waals surface area contributed by atoms with Crippen LogP contribution < -0.4 is 4.90 Å². The molecule has 0 saturated heterocycles. The van der Waals surface area contributed by atoms with E-state index in [0.717, 1.165) is 11.4 Å². The molecule has 2 saturated carbocycles. The van der Waals surface area contributed by atoms with Gasteiger partial charge in [0.25, 0.3) is 0 Å². The van der Waals surface area contributed by atoms with E-state index in [1.165, 1.54) is 159 Å². The van der Waals surface area contributed by atoms with Crippen LogP contribution in [0.5, 0.6) is 0 Å². The Balaban J connectivity index is 1.08. The summed E-state index contributed by atoms with van der Waals surface area (Å²) in [5.74, 6) is 0. The van der Waals surface area contributed by atoms with Crippen molar-refractivity contribution in [1.29, 1.82) is 0 Å². The number of nitrogens with zero attached hydrogens (tertiary/aromatic N) is 1. The summed E-state index contributed by atoms with van der Waals surface area (Å²) in [5, 5.41) is 2.53. The Kier molecular flexibility index (Phi) is 9.76. The minimum Gasteiger partial charge on any atom is -0.309 e. The lowest BCUT2D eigenvalue weighted by atomic mass is 9.66. The van der Waals surface area contributed by atoms with E-state index in [0.29, 0.717) is 0 Å². The fourth-order valence-electron chi connectivity index (χ4n) is 13.6.